The molecule has 0 aliphatic heterocycles. The van der Waals surface area contributed by atoms with E-state index in [-0.39, 0.29) is 10.8 Å². The van der Waals surface area contributed by atoms with Crippen molar-refractivity contribution in [1.29, 1.82) is 0 Å². The summed E-state index contributed by atoms with van der Waals surface area (Å²) in [6.07, 6.45) is 7.35. The van der Waals surface area contributed by atoms with Gasteiger partial charge in [-0.1, -0.05) is 73.8 Å². The van der Waals surface area contributed by atoms with Crippen LogP contribution in [0.5, 0.6) is 10.1 Å². The molecule has 0 saturated heterocycles. The van der Waals surface area contributed by atoms with Gasteiger partial charge in [-0.15, -0.1) is 22.7 Å². The Kier molecular flexibility index (Phi) is 6.73. The molecule has 184 valence electrons. The van der Waals surface area contributed by atoms with Crippen molar-refractivity contribution in [1.82, 2.24) is 0 Å². The van der Waals surface area contributed by atoms with Gasteiger partial charge in [0.2, 0.25) is 0 Å². The average molecular weight is 551 g/mol. The Bertz CT molecular complexity index is 1670. The fraction of sp³-hybridized carbons (Fsp3) is 0.276. The van der Waals surface area contributed by atoms with Gasteiger partial charge in [0.25, 0.3) is 0 Å². The molecule has 4 heterocycles. The molecule has 4 aromatic heterocycles. The van der Waals surface area contributed by atoms with E-state index in [1.165, 1.54) is 43.4 Å². The number of thiophene rings is 4. The standard InChI is InChI=1S/C29H26O3S4/c1-2-3-4-5-6-7-12-32-22-16-18-17-15-21(30)35-28(17)25-23(19-10-8-13-33-19)27(31)24(20-11-9-14-34-20)26(25)29(18)36-22/h8-11,13-16,30H,2-7,12H2,1H3. The first kappa shape index (κ1) is 23.9. The van der Waals surface area contributed by atoms with Gasteiger partial charge in [0.05, 0.1) is 6.61 Å². The zero-order valence-corrected chi connectivity index (χ0v) is 23.2. The maximum absolute atomic E-state index is 14.0. The highest BCUT2D eigenvalue weighted by molar-refractivity contribution is 7.23. The highest BCUT2D eigenvalue weighted by Crippen LogP contribution is 2.41. The van der Waals surface area contributed by atoms with Gasteiger partial charge in [-0.2, -0.15) is 0 Å². The lowest BCUT2D eigenvalue weighted by molar-refractivity contribution is -0.108. The molecule has 1 aromatic carbocycles. The van der Waals surface area contributed by atoms with Gasteiger partial charge >= 0.3 is 0 Å². The third-order valence-corrected chi connectivity index (χ3v) is 10.4. The molecule has 6 rings (SSSR count). The van der Waals surface area contributed by atoms with Crippen LogP contribution in [0.3, 0.4) is 0 Å². The third-order valence-electron chi connectivity index (χ3n) is 6.65. The van der Waals surface area contributed by atoms with Crippen molar-refractivity contribution in [2.75, 3.05) is 6.61 Å². The third kappa shape index (κ3) is 4.12. The number of carbonyl (C=O) groups is 1. The Morgan fingerprint density at radius 2 is 1.42 bits per heavy atom. The van der Waals surface area contributed by atoms with Gasteiger partial charge in [0.1, 0.15) is 0 Å². The van der Waals surface area contributed by atoms with Gasteiger partial charge in [0.15, 0.2) is 15.9 Å². The predicted octanol–water partition coefficient (Wildman–Crippen LogP) is 7.66. The molecule has 0 atom stereocenters. The van der Waals surface area contributed by atoms with E-state index in [2.05, 4.69) is 13.0 Å². The van der Waals surface area contributed by atoms with Crippen LogP contribution < -0.4 is 15.2 Å². The molecule has 7 heteroatoms. The summed E-state index contributed by atoms with van der Waals surface area (Å²) in [7, 11) is 0. The Hall–Kier alpha value is -2.45. The molecule has 5 aromatic rings. The number of hydrogen-bond acceptors (Lipinski definition) is 7. The molecule has 0 radical (unpaired) electrons. The molecule has 0 saturated carbocycles. The monoisotopic (exact) mass is 550 g/mol. The minimum atomic E-state index is 0.0690. The van der Waals surface area contributed by atoms with E-state index in [1.54, 1.807) is 34.0 Å². The zero-order valence-electron chi connectivity index (χ0n) is 20.0. The minimum absolute atomic E-state index is 0.0690. The first-order chi connectivity index (χ1) is 17.7. The van der Waals surface area contributed by atoms with Crippen molar-refractivity contribution in [3.8, 4) is 10.1 Å². The average Bonchev–Trinajstić information content (AvgIpc) is 3.67. The molecule has 1 aliphatic rings. The minimum Gasteiger partial charge on any atom is -0.499 e. The molecule has 0 fully saturated rings. The van der Waals surface area contributed by atoms with E-state index in [0.717, 1.165) is 63.0 Å². The van der Waals surface area contributed by atoms with Crippen molar-refractivity contribution in [2.24, 2.45) is 0 Å². The largest absolute Gasteiger partial charge is 0.499 e. The van der Waals surface area contributed by atoms with Gasteiger partial charge < -0.3 is 9.84 Å². The fourth-order valence-electron chi connectivity index (χ4n) is 5.01. The van der Waals surface area contributed by atoms with Crippen molar-refractivity contribution >= 4 is 82.4 Å². The van der Waals surface area contributed by atoms with Crippen LogP contribution in [0.4, 0.5) is 0 Å². The van der Waals surface area contributed by atoms with Gasteiger partial charge in [-0.3, -0.25) is 4.79 Å². The quantitative estimate of drug-likeness (QED) is 0.182. The van der Waals surface area contributed by atoms with Crippen LogP contribution in [0.2, 0.25) is 0 Å². The van der Waals surface area contributed by atoms with Crippen LogP contribution in [0.15, 0.2) is 47.2 Å². The van der Waals surface area contributed by atoms with Crippen LogP contribution in [0, 0.1) is 0 Å². The summed E-state index contributed by atoms with van der Waals surface area (Å²) in [5, 5.41) is 19.7. The zero-order chi connectivity index (χ0) is 24.6. The number of carbonyl (C=O) groups excluding carboxylic acids is 1. The number of aromatic hydroxyl groups is 1. The summed E-state index contributed by atoms with van der Waals surface area (Å²) >= 11 is 6.16. The first-order valence-corrected chi connectivity index (χ1v) is 15.8. The molecule has 0 spiro atoms. The van der Waals surface area contributed by atoms with E-state index < -0.39 is 0 Å². The van der Waals surface area contributed by atoms with Crippen molar-refractivity contribution in [3.63, 3.8) is 0 Å². The fourth-order valence-corrected chi connectivity index (χ4v) is 8.64. The van der Waals surface area contributed by atoms with E-state index in [1.807, 2.05) is 41.1 Å². The Morgan fingerprint density at radius 1 is 0.806 bits per heavy atom. The summed E-state index contributed by atoms with van der Waals surface area (Å²) in [4.78, 5) is 16.0. The summed E-state index contributed by atoms with van der Waals surface area (Å²) < 4.78 is 8.27. The molecule has 3 nitrogen and oxygen atoms in total. The van der Waals surface area contributed by atoms with Crippen LogP contribution >= 0.6 is 45.3 Å². The van der Waals surface area contributed by atoms with Gasteiger partial charge in [-0.25, -0.2) is 0 Å². The van der Waals surface area contributed by atoms with E-state index in [9.17, 15) is 9.90 Å². The summed E-state index contributed by atoms with van der Waals surface area (Å²) in [6.45, 7) is 2.94. The molecule has 1 aliphatic carbocycles. The number of Topliss-reactive ketones (excluding diaryl/α,β-unsaturated/α-hetero) is 1. The number of benzene rings is 1. The second kappa shape index (κ2) is 10.1. The number of ether oxygens (including phenoxy) is 1. The van der Waals surface area contributed by atoms with Crippen molar-refractivity contribution < 1.29 is 14.6 Å². The topological polar surface area (TPSA) is 46.5 Å². The highest BCUT2D eigenvalue weighted by atomic mass is 32.1. The Balaban J connectivity index is 1.53. The molecular formula is C29H26O3S4. The van der Waals surface area contributed by atoms with Gasteiger partial charge in [0, 0.05) is 63.6 Å². The lowest BCUT2D eigenvalue weighted by Gasteiger charge is -2.03. The van der Waals surface area contributed by atoms with E-state index in [0.29, 0.717) is 6.61 Å². The van der Waals surface area contributed by atoms with Crippen LogP contribution in [-0.4, -0.2) is 17.5 Å². The summed E-state index contributed by atoms with van der Waals surface area (Å²) in [5.74, 6) is 0.0690. The smallest absolute Gasteiger partial charge is 0.197 e. The lowest BCUT2D eigenvalue weighted by Crippen LogP contribution is -2.25. The van der Waals surface area contributed by atoms with Crippen molar-refractivity contribution in [3.05, 3.63) is 67.3 Å². The number of fused-ring (bicyclic) bond motifs is 6. The second-order valence-electron chi connectivity index (χ2n) is 9.04. The Labute approximate surface area is 225 Å². The number of unbranched alkanes of at least 4 members (excludes halogenated alkanes) is 5. The molecule has 36 heavy (non-hydrogen) atoms. The molecule has 0 bridgehead atoms. The van der Waals surface area contributed by atoms with E-state index >= 15 is 0 Å². The molecule has 0 amide bonds. The molecule has 0 unspecified atom stereocenters. The highest BCUT2D eigenvalue weighted by Gasteiger charge is 2.31. The van der Waals surface area contributed by atoms with E-state index in [4.69, 9.17) is 4.74 Å². The first-order valence-electron chi connectivity index (χ1n) is 12.4. The number of ketones is 1. The maximum Gasteiger partial charge on any atom is 0.197 e. The number of hydrogen-bond donors (Lipinski definition) is 1. The Morgan fingerprint density at radius 3 is 2.06 bits per heavy atom. The number of rotatable bonds is 10. The van der Waals surface area contributed by atoms with Crippen LogP contribution in [0.1, 0.15) is 55.2 Å². The second-order valence-corrected chi connectivity index (χ2v) is 13.0. The maximum atomic E-state index is 14.0. The SMILES string of the molecule is CCCCCCCCOc1cc2c(s1)c1c(c3sc(O)cc32)=C(c2cccs2)C(=O)C=1c1cccs1. The molecular weight excluding hydrogens is 525 g/mol. The van der Waals surface area contributed by atoms with Crippen LogP contribution in [0.25, 0.3) is 31.3 Å². The normalized spacial score (nSPS) is 13.4. The van der Waals surface area contributed by atoms with Crippen LogP contribution in [-0.2, 0) is 4.79 Å². The lowest BCUT2D eigenvalue weighted by atomic mass is 10.1. The summed E-state index contributed by atoms with van der Waals surface area (Å²) in [5.41, 5.74) is 1.52. The van der Waals surface area contributed by atoms with Crippen molar-refractivity contribution in [2.45, 2.75) is 45.4 Å². The molecule has 1 N–H and O–H groups in total. The summed E-state index contributed by atoms with van der Waals surface area (Å²) in [6, 6.07) is 12.0. The predicted molar refractivity (Wildman–Crippen MR) is 156 cm³/mol. The van der Waals surface area contributed by atoms with Gasteiger partial charge in [-0.05, 0) is 29.3 Å².